The number of carbonyl (C=O) groups excluding carboxylic acids is 1. The van der Waals surface area contributed by atoms with E-state index in [4.69, 9.17) is 11.6 Å². The summed E-state index contributed by atoms with van der Waals surface area (Å²) in [7, 11) is 0. The highest BCUT2D eigenvalue weighted by atomic mass is 79.9. The van der Waals surface area contributed by atoms with Gasteiger partial charge in [0.15, 0.2) is 4.34 Å². The lowest BCUT2D eigenvalue weighted by Gasteiger charge is -2.08. The van der Waals surface area contributed by atoms with Gasteiger partial charge in [0.1, 0.15) is 0 Å². The van der Waals surface area contributed by atoms with Crippen molar-refractivity contribution in [1.29, 1.82) is 0 Å². The summed E-state index contributed by atoms with van der Waals surface area (Å²) in [4.78, 5) is 16.7. The molecular weight excluding hydrogens is 440 g/mol. The maximum Gasteiger partial charge on any atom is 0.234 e. The Morgan fingerprint density at radius 1 is 1.28 bits per heavy atom. The monoisotopic (exact) mass is 452 g/mol. The van der Waals surface area contributed by atoms with E-state index in [-0.39, 0.29) is 5.91 Å². The van der Waals surface area contributed by atoms with Crippen molar-refractivity contribution in [2.75, 3.05) is 11.1 Å². The number of nitrogens with zero attached hydrogens (tertiary/aromatic N) is 1. The summed E-state index contributed by atoms with van der Waals surface area (Å²) in [6.45, 7) is 1.89. The zero-order valence-electron chi connectivity index (χ0n) is 13.3. The van der Waals surface area contributed by atoms with Crippen molar-refractivity contribution in [2.45, 2.75) is 11.3 Å². The van der Waals surface area contributed by atoms with Gasteiger partial charge in [-0.1, -0.05) is 57.5 Å². The highest BCUT2D eigenvalue weighted by molar-refractivity contribution is 9.10. The summed E-state index contributed by atoms with van der Waals surface area (Å²) in [5, 5.41) is 5.54. The van der Waals surface area contributed by atoms with Gasteiger partial charge in [-0.3, -0.25) is 4.79 Å². The normalized spacial score (nSPS) is 10.7. The molecule has 0 spiro atoms. The van der Waals surface area contributed by atoms with Crippen LogP contribution in [0, 0.1) is 6.92 Å². The molecule has 1 heterocycles. The first-order chi connectivity index (χ1) is 12.0. The van der Waals surface area contributed by atoms with E-state index >= 15 is 0 Å². The van der Waals surface area contributed by atoms with Gasteiger partial charge in [-0.2, -0.15) is 0 Å². The minimum Gasteiger partial charge on any atom is -0.325 e. The maximum absolute atomic E-state index is 12.2. The average molecular weight is 454 g/mol. The van der Waals surface area contributed by atoms with Gasteiger partial charge in [-0.05, 0) is 36.8 Å². The Hall–Kier alpha value is -1.34. The van der Waals surface area contributed by atoms with Crippen LogP contribution in [0.4, 0.5) is 5.69 Å². The number of anilines is 1. The number of amides is 1. The second kappa shape index (κ2) is 8.36. The van der Waals surface area contributed by atoms with Crippen LogP contribution in [0.2, 0.25) is 5.02 Å². The van der Waals surface area contributed by atoms with Gasteiger partial charge in [-0.25, -0.2) is 4.98 Å². The number of thioether (sulfide) groups is 1. The Balaban J connectivity index is 1.59. The van der Waals surface area contributed by atoms with Crippen LogP contribution in [-0.4, -0.2) is 16.6 Å². The molecule has 0 aliphatic heterocycles. The number of hydrogen-bond acceptors (Lipinski definition) is 4. The van der Waals surface area contributed by atoms with Gasteiger partial charge in [-0.15, -0.1) is 11.3 Å². The van der Waals surface area contributed by atoms with Crippen LogP contribution in [0.15, 0.2) is 56.7 Å². The third kappa shape index (κ3) is 4.85. The van der Waals surface area contributed by atoms with E-state index in [1.807, 2.05) is 48.7 Å². The molecule has 3 aromatic rings. The van der Waals surface area contributed by atoms with Gasteiger partial charge in [0.2, 0.25) is 5.91 Å². The molecule has 3 nitrogen and oxygen atoms in total. The highest BCUT2D eigenvalue weighted by Gasteiger charge is 2.10. The van der Waals surface area contributed by atoms with E-state index in [0.29, 0.717) is 10.8 Å². The molecule has 7 heteroatoms. The quantitative estimate of drug-likeness (QED) is 0.463. The van der Waals surface area contributed by atoms with Gasteiger partial charge in [0, 0.05) is 26.1 Å². The molecule has 0 unspecified atom stereocenters. The number of aromatic nitrogens is 1. The molecule has 0 atom stereocenters. The first-order valence-electron chi connectivity index (χ1n) is 7.42. The van der Waals surface area contributed by atoms with Gasteiger partial charge in [0.25, 0.3) is 0 Å². The zero-order valence-corrected chi connectivity index (χ0v) is 17.2. The standard InChI is InChI=1S/C18H14BrClN2OS2/c1-11-14(20)3-2-4-15(11)21-17(23)10-25-18-22-16(9-24-18)12-5-7-13(19)8-6-12/h2-9H,10H2,1H3,(H,21,23). The number of rotatable bonds is 5. The number of benzene rings is 2. The zero-order chi connectivity index (χ0) is 17.8. The van der Waals surface area contributed by atoms with E-state index in [1.54, 1.807) is 17.4 Å². The van der Waals surface area contributed by atoms with Crippen LogP contribution >= 0.6 is 50.6 Å². The molecule has 128 valence electrons. The highest BCUT2D eigenvalue weighted by Crippen LogP contribution is 2.29. The van der Waals surface area contributed by atoms with E-state index in [1.165, 1.54) is 11.8 Å². The predicted molar refractivity (Wildman–Crippen MR) is 111 cm³/mol. The van der Waals surface area contributed by atoms with Crippen LogP contribution in [-0.2, 0) is 4.79 Å². The summed E-state index contributed by atoms with van der Waals surface area (Å²) in [6, 6.07) is 13.5. The van der Waals surface area contributed by atoms with Crippen molar-refractivity contribution in [3.05, 3.63) is 62.9 Å². The Kier molecular flexibility index (Phi) is 6.17. The van der Waals surface area contributed by atoms with Crippen molar-refractivity contribution in [1.82, 2.24) is 4.98 Å². The molecule has 25 heavy (non-hydrogen) atoms. The topological polar surface area (TPSA) is 42.0 Å². The largest absolute Gasteiger partial charge is 0.325 e. The number of hydrogen-bond donors (Lipinski definition) is 1. The van der Waals surface area contributed by atoms with Gasteiger partial charge >= 0.3 is 0 Å². The fourth-order valence-electron chi connectivity index (χ4n) is 2.13. The summed E-state index contributed by atoms with van der Waals surface area (Å²) < 4.78 is 1.91. The van der Waals surface area contributed by atoms with Crippen LogP contribution in [0.3, 0.4) is 0 Å². The summed E-state index contributed by atoms with van der Waals surface area (Å²) in [6.07, 6.45) is 0. The molecule has 3 rings (SSSR count). The Labute approximate surface area is 168 Å². The van der Waals surface area contributed by atoms with Crippen LogP contribution in [0.1, 0.15) is 5.56 Å². The summed E-state index contributed by atoms with van der Waals surface area (Å²) in [5.41, 5.74) is 3.60. The molecular formula is C18H14BrClN2OS2. The molecule has 1 aromatic heterocycles. The van der Waals surface area contributed by atoms with Crippen LogP contribution in [0.25, 0.3) is 11.3 Å². The lowest BCUT2D eigenvalue weighted by atomic mass is 10.2. The fourth-order valence-corrected chi connectivity index (χ4v) is 4.21. The molecule has 0 bridgehead atoms. The summed E-state index contributed by atoms with van der Waals surface area (Å²) >= 11 is 12.5. The minimum absolute atomic E-state index is 0.0734. The third-order valence-corrected chi connectivity index (χ3v) is 6.45. The lowest BCUT2D eigenvalue weighted by Crippen LogP contribution is -2.14. The third-order valence-electron chi connectivity index (χ3n) is 3.49. The number of nitrogens with one attached hydrogen (secondary N) is 1. The smallest absolute Gasteiger partial charge is 0.234 e. The molecule has 1 amide bonds. The molecule has 0 saturated heterocycles. The minimum atomic E-state index is -0.0734. The Morgan fingerprint density at radius 2 is 2.04 bits per heavy atom. The molecule has 1 N–H and O–H groups in total. The number of halogens is 2. The molecule has 0 aliphatic rings. The SMILES string of the molecule is Cc1c(Cl)cccc1NC(=O)CSc1nc(-c2ccc(Br)cc2)cs1. The van der Waals surface area contributed by atoms with Crippen molar-refractivity contribution in [3.8, 4) is 11.3 Å². The first kappa shape index (κ1) is 18.5. The lowest BCUT2D eigenvalue weighted by molar-refractivity contribution is -0.113. The average Bonchev–Trinajstić information content (AvgIpc) is 3.07. The van der Waals surface area contributed by atoms with Crippen molar-refractivity contribution < 1.29 is 4.79 Å². The van der Waals surface area contributed by atoms with Crippen molar-refractivity contribution in [3.63, 3.8) is 0 Å². The predicted octanol–water partition coefficient (Wildman–Crippen LogP) is 6.27. The number of carbonyl (C=O) groups is 1. The second-order valence-corrected chi connectivity index (χ2v) is 8.66. The van der Waals surface area contributed by atoms with E-state index in [9.17, 15) is 4.79 Å². The van der Waals surface area contributed by atoms with E-state index in [2.05, 4.69) is 26.2 Å². The van der Waals surface area contributed by atoms with Crippen molar-refractivity contribution in [2.24, 2.45) is 0 Å². The Morgan fingerprint density at radius 3 is 2.80 bits per heavy atom. The van der Waals surface area contributed by atoms with Crippen LogP contribution in [0.5, 0.6) is 0 Å². The fraction of sp³-hybridized carbons (Fsp3) is 0.111. The second-order valence-electron chi connectivity index (χ2n) is 5.25. The van der Waals surface area contributed by atoms with Gasteiger partial charge < -0.3 is 5.32 Å². The van der Waals surface area contributed by atoms with Crippen LogP contribution < -0.4 is 5.32 Å². The van der Waals surface area contributed by atoms with Crippen molar-refractivity contribution >= 4 is 62.2 Å². The van der Waals surface area contributed by atoms with Gasteiger partial charge in [0.05, 0.1) is 11.4 Å². The molecule has 2 aromatic carbocycles. The molecule has 0 saturated carbocycles. The summed E-state index contributed by atoms with van der Waals surface area (Å²) in [5.74, 6) is 0.231. The maximum atomic E-state index is 12.2. The first-order valence-corrected chi connectivity index (χ1v) is 10.5. The Bertz CT molecular complexity index is 896. The molecule has 0 fully saturated rings. The number of thiazole rings is 1. The van der Waals surface area contributed by atoms with E-state index in [0.717, 1.165) is 31.3 Å². The molecule has 0 aliphatic carbocycles. The van der Waals surface area contributed by atoms with E-state index < -0.39 is 0 Å². The molecule has 0 radical (unpaired) electrons.